The average Bonchev–Trinajstić information content (AvgIpc) is 2.82. The lowest BCUT2D eigenvalue weighted by molar-refractivity contribution is -0.117. The fourth-order valence-corrected chi connectivity index (χ4v) is 2.37. The Hall–Kier alpha value is -1.13. The van der Waals surface area contributed by atoms with E-state index in [0.29, 0.717) is 0 Å². The number of nitrogens with one attached hydrogen (secondary N) is 1. The van der Waals surface area contributed by atoms with E-state index in [2.05, 4.69) is 27.3 Å². The topological polar surface area (TPSA) is 29.1 Å². The third-order valence-electron chi connectivity index (χ3n) is 2.50. The van der Waals surface area contributed by atoms with E-state index in [-0.39, 0.29) is 5.91 Å². The van der Waals surface area contributed by atoms with Gasteiger partial charge in [-0.05, 0) is 31.4 Å². The zero-order chi connectivity index (χ0) is 13.2. The second-order valence-electron chi connectivity index (χ2n) is 4.45. The Kier molecular flexibility index (Phi) is 3.88. The van der Waals surface area contributed by atoms with Crippen molar-refractivity contribution in [1.82, 2.24) is 0 Å². The SMILES string of the molecule is CC(C)(Br)C(=O)Nc1ccccc1-c1cccs1. The summed E-state index contributed by atoms with van der Waals surface area (Å²) in [6.07, 6.45) is 0. The Labute approximate surface area is 119 Å². The number of carbonyl (C=O) groups is 1. The first kappa shape index (κ1) is 13.3. The molecule has 0 unspecified atom stereocenters. The van der Waals surface area contributed by atoms with Crippen LogP contribution in [0.4, 0.5) is 5.69 Å². The number of thiophene rings is 1. The molecule has 1 heterocycles. The van der Waals surface area contributed by atoms with Gasteiger partial charge in [-0.15, -0.1) is 11.3 Å². The third-order valence-corrected chi connectivity index (χ3v) is 3.77. The van der Waals surface area contributed by atoms with Crippen LogP contribution in [0.3, 0.4) is 0 Å². The van der Waals surface area contributed by atoms with Crippen molar-refractivity contribution in [2.75, 3.05) is 5.32 Å². The molecule has 0 radical (unpaired) electrons. The highest BCUT2D eigenvalue weighted by Crippen LogP contribution is 2.32. The summed E-state index contributed by atoms with van der Waals surface area (Å²) in [5, 5.41) is 4.99. The molecular formula is C14H14BrNOS. The molecule has 0 atom stereocenters. The summed E-state index contributed by atoms with van der Waals surface area (Å²) in [5.41, 5.74) is 1.90. The highest BCUT2D eigenvalue weighted by atomic mass is 79.9. The third kappa shape index (κ3) is 3.00. The molecular weight excluding hydrogens is 310 g/mol. The molecule has 1 N–H and O–H groups in total. The van der Waals surface area contributed by atoms with E-state index >= 15 is 0 Å². The van der Waals surface area contributed by atoms with Crippen molar-refractivity contribution in [3.63, 3.8) is 0 Å². The maximum atomic E-state index is 12.0. The molecule has 0 aliphatic carbocycles. The van der Waals surface area contributed by atoms with Crippen molar-refractivity contribution in [2.45, 2.75) is 18.2 Å². The van der Waals surface area contributed by atoms with Crippen LogP contribution >= 0.6 is 27.3 Å². The summed E-state index contributed by atoms with van der Waals surface area (Å²) >= 11 is 5.03. The summed E-state index contributed by atoms with van der Waals surface area (Å²) in [6.45, 7) is 3.66. The van der Waals surface area contributed by atoms with Crippen LogP contribution in [0, 0.1) is 0 Å². The lowest BCUT2D eigenvalue weighted by atomic mass is 10.1. The molecule has 1 aromatic carbocycles. The highest BCUT2D eigenvalue weighted by Gasteiger charge is 2.24. The molecule has 0 aliphatic rings. The van der Waals surface area contributed by atoms with Gasteiger partial charge in [0.2, 0.25) is 5.91 Å². The summed E-state index contributed by atoms with van der Waals surface area (Å²) in [6, 6.07) is 11.9. The number of para-hydroxylation sites is 1. The zero-order valence-corrected chi connectivity index (χ0v) is 12.6. The second kappa shape index (κ2) is 5.24. The molecule has 18 heavy (non-hydrogen) atoms. The minimum atomic E-state index is -0.574. The first-order chi connectivity index (χ1) is 8.48. The molecule has 94 valence electrons. The smallest absolute Gasteiger partial charge is 0.240 e. The Morgan fingerprint density at radius 2 is 1.94 bits per heavy atom. The summed E-state index contributed by atoms with van der Waals surface area (Å²) in [5.74, 6) is -0.0495. The van der Waals surface area contributed by atoms with Gasteiger partial charge in [-0.1, -0.05) is 40.2 Å². The van der Waals surface area contributed by atoms with Crippen molar-refractivity contribution < 1.29 is 4.79 Å². The second-order valence-corrected chi connectivity index (χ2v) is 7.38. The van der Waals surface area contributed by atoms with Gasteiger partial charge in [-0.25, -0.2) is 0 Å². The number of hydrogen-bond donors (Lipinski definition) is 1. The van der Waals surface area contributed by atoms with Gasteiger partial charge in [-0.2, -0.15) is 0 Å². The monoisotopic (exact) mass is 323 g/mol. The van der Waals surface area contributed by atoms with Gasteiger partial charge in [-0.3, -0.25) is 4.79 Å². The number of alkyl halides is 1. The molecule has 1 aromatic heterocycles. The van der Waals surface area contributed by atoms with Crippen molar-refractivity contribution in [3.8, 4) is 10.4 Å². The predicted molar refractivity (Wildman–Crippen MR) is 81.4 cm³/mol. The van der Waals surface area contributed by atoms with E-state index in [4.69, 9.17) is 0 Å². The van der Waals surface area contributed by atoms with Gasteiger partial charge in [0.05, 0.1) is 4.32 Å². The first-order valence-corrected chi connectivity index (χ1v) is 7.29. The molecule has 4 heteroatoms. The average molecular weight is 324 g/mol. The molecule has 0 saturated carbocycles. The van der Waals surface area contributed by atoms with Crippen molar-refractivity contribution >= 4 is 38.9 Å². The lowest BCUT2D eigenvalue weighted by Gasteiger charge is -2.17. The molecule has 0 bridgehead atoms. The molecule has 0 saturated heterocycles. The van der Waals surface area contributed by atoms with Gasteiger partial charge >= 0.3 is 0 Å². The molecule has 1 amide bonds. The van der Waals surface area contributed by atoms with E-state index in [1.807, 2.05) is 49.6 Å². The summed E-state index contributed by atoms with van der Waals surface area (Å²) in [7, 11) is 0. The van der Waals surface area contributed by atoms with Crippen LogP contribution in [0.15, 0.2) is 41.8 Å². The van der Waals surface area contributed by atoms with E-state index in [1.165, 1.54) is 0 Å². The van der Waals surface area contributed by atoms with Crippen molar-refractivity contribution in [2.24, 2.45) is 0 Å². The Balaban J connectivity index is 2.32. The molecule has 2 nitrogen and oxygen atoms in total. The van der Waals surface area contributed by atoms with Crippen molar-refractivity contribution in [1.29, 1.82) is 0 Å². The molecule has 0 fully saturated rings. The lowest BCUT2D eigenvalue weighted by Crippen LogP contribution is -2.31. The molecule has 2 rings (SSSR count). The number of benzene rings is 1. The zero-order valence-electron chi connectivity index (χ0n) is 10.2. The first-order valence-electron chi connectivity index (χ1n) is 5.62. The number of rotatable bonds is 3. The van der Waals surface area contributed by atoms with Gasteiger partial charge in [0.1, 0.15) is 0 Å². The Bertz CT molecular complexity index is 543. The van der Waals surface area contributed by atoms with Crippen LogP contribution in [-0.2, 0) is 4.79 Å². The van der Waals surface area contributed by atoms with E-state index in [0.717, 1.165) is 16.1 Å². The quantitative estimate of drug-likeness (QED) is 0.826. The van der Waals surface area contributed by atoms with E-state index in [1.54, 1.807) is 11.3 Å². The van der Waals surface area contributed by atoms with Crippen molar-refractivity contribution in [3.05, 3.63) is 41.8 Å². The number of halogens is 1. The van der Waals surface area contributed by atoms with Gasteiger partial charge in [0.15, 0.2) is 0 Å². The van der Waals surface area contributed by atoms with Gasteiger partial charge in [0, 0.05) is 16.1 Å². The standard InChI is InChI=1S/C14H14BrNOS/c1-14(2,15)13(17)16-11-7-4-3-6-10(11)12-8-5-9-18-12/h3-9H,1-2H3,(H,16,17). The van der Waals surface area contributed by atoms with Crippen LogP contribution in [0.2, 0.25) is 0 Å². The number of hydrogen-bond acceptors (Lipinski definition) is 2. The molecule has 0 spiro atoms. The Morgan fingerprint density at radius 3 is 2.56 bits per heavy atom. The fourth-order valence-electron chi connectivity index (χ4n) is 1.51. The minimum Gasteiger partial charge on any atom is -0.324 e. The largest absolute Gasteiger partial charge is 0.324 e. The predicted octanol–water partition coefficient (Wildman–Crippen LogP) is 4.53. The summed E-state index contributed by atoms with van der Waals surface area (Å²) < 4.78 is -0.574. The van der Waals surface area contributed by atoms with Crippen LogP contribution in [0.5, 0.6) is 0 Å². The van der Waals surface area contributed by atoms with Crippen LogP contribution in [0.25, 0.3) is 10.4 Å². The van der Waals surface area contributed by atoms with Gasteiger partial charge in [0.25, 0.3) is 0 Å². The van der Waals surface area contributed by atoms with E-state index in [9.17, 15) is 4.79 Å². The number of carbonyl (C=O) groups excluding carboxylic acids is 1. The minimum absolute atomic E-state index is 0.0495. The van der Waals surface area contributed by atoms with Crippen LogP contribution < -0.4 is 5.32 Å². The highest BCUT2D eigenvalue weighted by molar-refractivity contribution is 9.10. The number of amides is 1. The van der Waals surface area contributed by atoms with Crippen LogP contribution in [-0.4, -0.2) is 10.2 Å². The normalized spacial score (nSPS) is 11.3. The van der Waals surface area contributed by atoms with E-state index < -0.39 is 4.32 Å². The summed E-state index contributed by atoms with van der Waals surface area (Å²) in [4.78, 5) is 13.2. The molecule has 0 aliphatic heterocycles. The maximum Gasteiger partial charge on any atom is 0.240 e. The van der Waals surface area contributed by atoms with Crippen LogP contribution in [0.1, 0.15) is 13.8 Å². The fraction of sp³-hybridized carbons (Fsp3) is 0.214. The maximum absolute atomic E-state index is 12.0. The molecule has 2 aromatic rings. The van der Waals surface area contributed by atoms with Gasteiger partial charge < -0.3 is 5.32 Å². The number of anilines is 1. The Morgan fingerprint density at radius 1 is 1.22 bits per heavy atom.